The molecule has 0 aliphatic heterocycles. The number of aromatic amines is 1. The number of hydrogen-bond donors (Lipinski definition) is 7. The van der Waals surface area contributed by atoms with Crippen LogP contribution in [0, 0.1) is 5.92 Å². The zero-order valence-corrected chi connectivity index (χ0v) is 17.2. The average molecular weight is 426 g/mol. The third-order valence-electron chi connectivity index (χ3n) is 4.20. The van der Waals surface area contributed by atoms with E-state index >= 15 is 0 Å². The Balaban J connectivity index is 2.92. The summed E-state index contributed by atoms with van der Waals surface area (Å²) in [6.45, 7) is 4.59. The molecular formula is C18H30N6O6. The maximum atomic E-state index is 12.7. The fraction of sp³-hybridized carbons (Fsp3) is 0.611. The van der Waals surface area contributed by atoms with Gasteiger partial charge in [-0.2, -0.15) is 0 Å². The molecule has 0 saturated carbocycles. The molecule has 1 rings (SSSR count). The fourth-order valence-electron chi connectivity index (χ4n) is 2.69. The first kappa shape index (κ1) is 25.0. The van der Waals surface area contributed by atoms with Crippen molar-refractivity contribution >= 4 is 23.7 Å². The smallest absolute Gasteiger partial charge is 0.326 e. The lowest BCUT2D eigenvalue weighted by molar-refractivity contribution is -0.142. The van der Waals surface area contributed by atoms with Crippen molar-refractivity contribution in [1.82, 2.24) is 25.9 Å². The summed E-state index contributed by atoms with van der Waals surface area (Å²) in [5.74, 6) is -3.39. The van der Waals surface area contributed by atoms with E-state index in [1.54, 1.807) is 0 Å². The highest BCUT2D eigenvalue weighted by atomic mass is 16.4. The quantitative estimate of drug-likeness (QED) is 0.196. The molecule has 1 aromatic rings. The van der Waals surface area contributed by atoms with Crippen LogP contribution in [0.5, 0.6) is 0 Å². The Bertz CT molecular complexity index is 721. The maximum absolute atomic E-state index is 12.7. The molecule has 0 bridgehead atoms. The SMILES string of the molecule is CC(C)CC(NC(=O)C(NC(=O)CN)C(C)O)C(=O)NC(Cc1cnc[nH]1)C(=O)O. The lowest BCUT2D eigenvalue weighted by atomic mass is 10.0. The first-order chi connectivity index (χ1) is 14.0. The Morgan fingerprint density at radius 3 is 2.20 bits per heavy atom. The van der Waals surface area contributed by atoms with Gasteiger partial charge < -0.3 is 36.9 Å². The number of H-pyrrole nitrogens is 1. The van der Waals surface area contributed by atoms with E-state index in [4.69, 9.17) is 5.73 Å². The first-order valence-electron chi connectivity index (χ1n) is 9.53. The van der Waals surface area contributed by atoms with Gasteiger partial charge in [-0.1, -0.05) is 13.8 Å². The van der Waals surface area contributed by atoms with Crippen LogP contribution < -0.4 is 21.7 Å². The molecule has 0 radical (unpaired) electrons. The lowest BCUT2D eigenvalue weighted by Gasteiger charge is -2.26. The van der Waals surface area contributed by atoms with Crippen molar-refractivity contribution in [2.45, 2.75) is 57.8 Å². The predicted octanol–water partition coefficient (Wildman–Crippen LogP) is -2.12. The lowest BCUT2D eigenvalue weighted by Crippen LogP contribution is -2.59. The van der Waals surface area contributed by atoms with E-state index in [1.807, 2.05) is 13.8 Å². The van der Waals surface area contributed by atoms with Gasteiger partial charge >= 0.3 is 5.97 Å². The zero-order valence-electron chi connectivity index (χ0n) is 17.2. The molecule has 12 nitrogen and oxygen atoms in total. The number of aliphatic hydroxyl groups excluding tert-OH is 1. The number of rotatable bonds is 12. The number of hydrogen-bond acceptors (Lipinski definition) is 7. The molecule has 0 spiro atoms. The van der Waals surface area contributed by atoms with E-state index in [2.05, 4.69) is 25.9 Å². The molecule has 8 N–H and O–H groups in total. The summed E-state index contributed by atoms with van der Waals surface area (Å²) in [5, 5.41) is 26.4. The normalized spacial score (nSPS) is 15.0. The van der Waals surface area contributed by atoms with Crippen LogP contribution in [-0.4, -0.2) is 74.6 Å². The second-order valence-corrected chi connectivity index (χ2v) is 7.36. The number of nitrogens with one attached hydrogen (secondary N) is 4. The average Bonchev–Trinajstić information content (AvgIpc) is 3.16. The summed E-state index contributed by atoms with van der Waals surface area (Å²) in [6, 6.07) is -3.63. The Morgan fingerprint density at radius 1 is 1.10 bits per heavy atom. The fourth-order valence-corrected chi connectivity index (χ4v) is 2.69. The number of aliphatic carboxylic acids is 1. The van der Waals surface area contributed by atoms with Gasteiger partial charge in [0.2, 0.25) is 17.7 Å². The number of aromatic nitrogens is 2. The van der Waals surface area contributed by atoms with E-state index in [-0.39, 0.29) is 25.3 Å². The Morgan fingerprint density at radius 2 is 1.73 bits per heavy atom. The van der Waals surface area contributed by atoms with Crippen molar-refractivity contribution in [2.75, 3.05) is 6.54 Å². The third-order valence-corrected chi connectivity index (χ3v) is 4.20. The van der Waals surface area contributed by atoms with Crippen molar-refractivity contribution in [3.8, 4) is 0 Å². The van der Waals surface area contributed by atoms with Crippen LogP contribution in [0.25, 0.3) is 0 Å². The molecule has 30 heavy (non-hydrogen) atoms. The van der Waals surface area contributed by atoms with E-state index in [1.165, 1.54) is 19.4 Å². The van der Waals surface area contributed by atoms with Crippen LogP contribution >= 0.6 is 0 Å². The number of imidazole rings is 1. The first-order valence-corrected chi connectivity index (χ1v) is 9.53. The minimum Gasteiger partial charge on any atom is -0.480 e. The van der Waals surface area contributed by atoms with Crippen molar-refractivity contribution < 1.29 is 29.4 Å². The highest BCUT2D eigenvalue weighted by molar-refractivity contribution is 5.93. The Labute approximate surface area is 174 Å². The molecule has 0 fully saturated rings. The van der Waals surface area contributed by atoms with Crippen molar-refractivity contribution in [3.05, 3.63) is 18.2 Å². The molecule has 1 heterocycles. The number of carbonyl (C=O) groups is 4. The zero-order chi connectivity index (χ0) is 22.8. The van der Waals surface area contributed by atoms with E-state index < -0.39 is 47.9 Å². The highest BCUT2D eigenvalue weighted by Gasteiger charge is 2.31. The van der Waals surface area contributed by atoms with Gasteiger partial charge in [-0.3, -0.25) is 14.4 Å². The molecule has 3 amide bonds. The monoisotopic (exact) mass is 426 g/mol. The Hall–Kier alpha value is -2.99. The van der Waals surface area contributed by atoms with Gasteiger partial charge in [-0.05, 0) is 19.3 Å². The number of aliphatic hydroxyl groups is 1. The Kier molecular flexibility index (Phi) is 9.92. The number of carboxylic acid groups (broad SMARTS) is 1. The van der Waals surface area contributed by atoms with Crippen LogP contribution in [0.2, 0.25) is 0 Å². The van der Waals surface area contributed by atoms with Gasteiger partial charge in [0.15, 0.2) is 0 Å². The predicted molar refractivity (Wildman–Crippen MR) is 106 cm³/mol. The third kappa shape index (κ3) is 8.17. The molecule has 0 aliphatic carbocycles. The van der Waals surface area contributed by atoms with Gasteiger partial charge in [0, 0.05) is 18.3 Å². The van der Waals surface area contributed by atoms with Crippen LogP contribution in [0.3, 0.4) is 0 Å². The van der Waals surface area contributed by atoms with Gasteiger partial charge in [-0.25, -0.2) is 9.78 Å². The van der Waals surface area contributed by atoms with Crippen LogP contribution in [0.15, 0.2) is 12.5 Å². The summed E-state index contributed by atoms with van der Waals surface area (Å²) < 4.78 is 0. The van der Waals surface area contributed by atoms with Crippen molar-refractivity contribution in [2.24, 2.45) is 11.7 Å². The van der Waals surface area contributed by atoms with Crippen molar-refractivity contribution in [3.63, 3.8) is 0 Å². The van der Waals surface area contributed by atoms with E-state index in [0.717, 1.165) is 0 Å². The number of carboxylic acids is 1. The van der Waals surface area contributed by atoms with Gasteiger partial charge in [0.1, 0.15) is 18.1 Å². The standard InChI is InChI=1S/C18H30N6O6/c1-9(2)4-12(22-17(28)15(10(3)25)24-14(26)6-19)16(27)23-13(18(29)30)5-11-7-20-8-21-11/h7-10,12-13,15,25H,4-6,19H2,1-3H3,(H,20,21)(H,22,28)(H,23,27)(H,24,26)(H,29,30). The molecule has 0 aliphatic rings. The summed E-state index contributed by atoms with van der Waals surface area (Å²) in [7, 11) is 0. The van der Waals surface area contributed by atoms with Crippen LogP contribution in [-0.2, 0) is 25.6 Å². The number of amides is 3. The molecule has 4 atom stereocenters. The summed E-state index contributed by atoms with van der Waals surface area (Å²) in [6.07, 6.45) is 1.79. The summed E-state index contributed by atoms with van der Waals surface area (Å²) >= 11 is 0. The highest BCUT2D eigenvalue weighted by Crippen LogP contribution is 2.08. The van der Waals surface area contributed by atoms with E-state index in [9.17, 15) is 29.4 Å². The van der Waals surface area contributed by atoms with Gasteiger partial charge in [-0.15, -0.1) is 0 Å². The minimum absolute atomic E-state index is 0.0134. The topological polar surface area (TPSA) is 200 Å². The number of nitrogens with zero attached hydrogens (tertiary/aromatic N) is 1. The number of carbonyl (C=O) groups excluding carboxylic acids is 3. The second-order valence-electron chi connectivity index (χ2n) is 7.36. The molecule has 4 unspecified atom stereocenters. The van der Waals surface area contributed by atoms with Gasteiger partial charge in [0.05, 0.1) is 19.0 Å². The second kappa shape index (κ2) is 11.9. The molecule has 0 saturated heterocycles. The van der Waals surface area contributed by atoms with Crippen LogP contribution in [0.4, 0.5) is 0 Å². The van der Waals surface area contributed by atoms with Gasteiger partial charge in [0.25, 0.3) is 0 Å². The maximum Gasteiger partial charge on any atom is 0.326 e. The minimum atomic E-state index is -1.32. The molecular weight excluding hydrogens is 396 g/mol. The molecule has 168 valence electrons. The largest absolute Gasteiger partial charge is 0.480 e. The molecule has 1 aromatic heterocycles. The van der Waals surface area contributed by atoms with Crippen LogP contribution in [0.1, 0.15) is 32.9 Å². The summed E-state index contributed by atoms with van der Waals surface area (Å²) in [5.41, 5.74) is 5.74. The van der Waals surface area contributed by atoms with Crippen molar-refractivity contribution in [1.29, 1.82) is 0 Å². The van der Waals surface area contributed by atoms with E-state index in [0.29, 0.717) is 5.69 Å². The molecule has 12 heteroatoms. The summed E-state index contributed by atoms with van der Waals surface area (Å²) in [4.78, 5) is 55.0. The molecule has 0 aromatic carbocycles. The number of nitrogens with two attached hydrogens (primary N) is 1.